The fourth-order valence-electron chi connectivity index (χ4n) is 2.07. The number of carbonyl (C=O) groups excluding carboxylic acids is 1. The molecule has 0 unspecified atom stereocenters. The van der Waals surface area contributed by atoms with Crippen LogP contribution in [0.1, 0.15) is 29.8 Å². The monoisotopic (exact) mass is 285 g/mol. The largest absolute Gasteiger partial charge is 0.494 e. The zero-order chi connectivity index (χ0) is 15.4. The van der Waals surface area contributed by atoms with E-state index in [0.29, 0.717) is 22.6 Å². The van der Waals surface area contributed by atoms with Crippen molar-refractivity contribution in [1.29, 1.82) is 0 Å². The van der Waals surface area contributed by atoms with Crippen molar-refractivity contribution >= 4 is 11.5 Å². The molecule has 0 aliphatic carbocycles. The lowest BCUT2D eigenvalue weighted by Gasteiger charge is -2.11. The highest BCUT2D eigenvalue weighted by Crippen LogP contribution is 2.28. The average molecular weight is 285 g/mol. The van der Waals surface area contributed by atoms with Gasteiger partial charge >= 0.3 is 0 Å². The summed E-state index contributed by atoms with van der Waals surface area (Å²) in [5.74, 6) is 1.02. The average Bonchev–Trinajstić information content (AvgIpc) is 2.46. The predicted molar refractivity (Wildman–Crippen MR) is 83.0 cm³/mol. The number of hydrogen-bond acceptors (Lipinski definition) is 4. The first-order valence-corrected chi connectivity index (χ1v) is 6.77. The van der Waals surface area contributed by atoms with Gasteiger partial charge in [-0.25, -0.2) is 0 Å². The molecule has 0 radical (unpaired) electrons. The lowest BCUT2D eigenvalue weighted by Crippen LogP contribution is -2.07. The number of ether oxygens (including phenoxy) is 2. The molecule has 0 amide bonds. The quantitative estimate of drug-likeness (QED) is 0.676. The van der Waals surface area contributed by atoms with Gasteiger partial charge in [-0.15, -0.1) is 0 Å². The second-order valence-electron chi connectivity index (χ2n) is 4.95. The van der Waals surface area contributed by atoms with Crippen molar-refractivity contribution in [2.24, 2.45) is 0 Å². The van der Waals surface area contributed by atoms with E-state index in [4.69, 9.17) is 15.2 Å². The van der Waals surface area contributed by atoms with E-state index >= 15 is 0 Å². The molecule has 0 spiro atoms. The SMILES string of the molecule is COc1c(N)cccc1C(=O)c1ccc(OC(C)C)cc1. The van der Waals surface area contributed by atoms with Crippen LogP contribution in [-0.4, -0.2) is 19.0 Å². The Hall–Kier alpha value is -2.49. The Morgan fingerprint density at radius 2 is 1.76 bits per heavy atom. The molecule has 2 aromatic carbocycles. The molecule has 0 fully saturated rings. The Labute approximate surface area is 124 Å². The summed E-state index contributed by atoms with van der Waals surface area (Å²) >= 11 is 0. The lowest BCUT2D eigenvalue weighted by molar-refractivity contribution is 0.103. The summed E-state index contributed by atoms with van der Waals surface area (Å²) < 4.78 is 10.8. The second-order valence-corrected chi connectivity index (χ2v) is 4.95. The molecule has 0 aliphatic rings. The smallest absolute Gasteiger partial charge is 0.196 e. The number of nitrogens with two attached hydrogens (primary N) is 1. The van der Waals surface area contributed by atoms with Crippen LogP contribution in [0.15, 0.2) is 42.5 Å². The van der Waals surface area contributed by atoms with Crippen LogP contribution in [0, 0.1) is 0 Å². The summed E-state index contributed by atoms with van der Waals surface area (Å²) in [5, 5.41) is 0. The molecule has 0 bridgehead atoms. The van der Waals surface area contributed by atoms with Gasteiger partial charge in [-0.05, 0) is 50.2 Å². The fraction of sp³-hybridized carbons (Fsp3) is 0.235. The van der Waals surface area contributed by atoms with E-state index in [9.17, 15) is 4.79 Å². The fourth-order valence-corrected chi connectivity index (χ4v) is 2.07. The summed E-state index contributed by atoms with van der Waals surface area (Å²) in [4.78, 5) is 12.5. The third-order valence-corrected chi connectivity index (χ3v) is 2.98. The van der Waals surface area contributed by atoms with Gasteiger partial charge in [0.1, 0.15) is 5.75 Å². The van der Waals surface area contributed by atoms with E-state index in [1.54, 1.807) is 42.5 Å². The molecular weight excluding hydrogens is 266 g/mol. The minimum Gasteiger partial charge on any atom is -0.494 e. The van der Waals surface area contributed by atoms with Crippen LogP contribution < -0.4 is 15.2 Å². The zero-order valence-corrected chi connectivity index (χ0v) is 12.4. The van der Waals surface area contributed by atoms with E-state index in [1.807, 2.05) is 13.8 Å². The van der Waals surface area contributed by atoms with Crippen LogP contribution in [0.4, 0.5) is 5.69 Å². The van der Waals surface area contributed by atoms with E-state index in [2.05, 4.69) is 0 Å². The lowest BCUT2D eigenvalue weighted by atomic mass is 10.0. The molecule has 2 aromatic rings. The third-order valence-electron chi connectivity index (χ3n) is 2.98. The van der Waals surface area contributed by atoms with Crippen LogP contribution >= 0.6 is 0 Å². The molecule has 0 atom stereocenters. The maximum Gasteiger partial charge on any atom is 0.196 e. The molecule has 110 valence electrons. The molecule has 0 saturated carbocycles. The highest BCUT2D eigenvalue weighted by Gasteiger charge is 2.16. The molecule has 21 heavy (non-hydrogen) atoms. The van der Waals surface area contributed by atoms with Gasteiger partial charge in [0.05, 0.1) is 24.5 Å². The number of benzene rings is 2. The Bertz CT molecular complexity index is 633. The van der Waals surface area contributed by atoms with Crippen molar-refractivity contribution in [3.63, 3.8) is 0 Å². The van der Waals surface area contributed by atoms with E-state index in [-0.39, 0.29) is 11.9 Å². The van der Waals surface area contributed by atoms with Gasteiger partial charge in [-0.1, -0.05) is 6.07 Å². The van der Waals surface area contributed by atoms with Crippen LogP contribution in [0.5, 0.6) is 11.5 Å². The normalized spacial score (nSPS) is 10.5. The Kier molecular flexibility index (Phi) is 4.48. The number of methoxy groups -OCH3 is 1. The summed E-state index contributed by atoms with van der Waals surface area (Å²) in [5.41, 5.74) is 7.30. The van der Waals surface area contributed by atoms with Gasteiger partial charge in [-0.2, -0.15) is 0 Å². The van der Waals surface area contributed by atoms with Crippen molar-refractivity contribution in [3.05, 3.63) is 53.6 Å². The zero-order valence-electron chi connectivity index (χ0n) is 12.4. The number of nitrogen functional groups attached to an aromatic ring is 1. The first-order valence-electron chi connectivity index (χ1n) is 6.77. The van der Waals surface area contributed by atoms with Crippen molar-refractivity contribution in [2.75, 3.05) is 12.8 Å². The number of carbonyl (C=O) groups is 1. The van der Waals surface area contributed by atoms with E-state index in [1.165, 1.54) is 7.11 Å². The number of hydrogen-bond donors (Lipinski definition) is 1. The molecule has 0 saturated heterocycles. The molecule has 0 aliphatic heterocycles. The van der Waals surface area contributed by atoms with Gasteiger partial charge in [-0.3, -0.25) is 4.79 Å². The van der Waals surface area contributed by atoms with Crippen LogP contribution in [0.2, 0.25) is 0 Å². The Balaban J connectivity index is 2.30. The van der Waals surface area contributed by atoms with Crippen molar-refractivity contribution in [1.82, 2.24) is 0 Å². The summed E-state index contributed by atoms with van der Waals surface area (Å²) in [6.07, 6.45) is 0.0977. The predicted octanol–water partition coefficient (Wildman–Crippen LogP) is 3.30. The molecule has 2 N–H and O–H groups in total. The number of para-hydroxylation sites is 1. The summed E-state index contributed by atoms with van der Waals surface area (Å²) in [7, 11) is 1.50. The molecule has 0 heterocycles. The number of anilines is 1. The first kappa shape index (κ1) is 14.9. The first-order chi connectivity index (χ1) is 10.0. The molecule has 4 heteroatoms. The van der Waals surface area contributed by atoms with Gasteiger partial charge < -0.3 is 15.2 Å². The third kappa shape index (κ3) is 3.34. The Morgan fingerprint density at radius 3 is 2.33 bits per heavy atom. The maximum absolute atomic E-state index is 12.5. The van der Waals surface area contributed by atoms with Crippen LogP contribution in [0.25, 0.3) is 0 Å². The topological polar surface area (TPSA) is 61.5 Å². The minimum atomic E-state index is -0.129. The molecule has 0 aromatic heterocycles. The molecule has 2 rings (SSSR count). The number of ketones is 1. The van der Waals surface area contributed by atoms with E-state index < -0.39 is 0 Å². The van der Waals surface area contributed by atoms with Gasteiger partial charge in [0, 0.05) is 5.56 Å². The highest BCUT2D eigenvalue weighted by molar-refractivity contribution is 6.11. The Morgan fingerprint density at radius 1 is 1.10 bits per heavy atom. The highest BCUT2D eigenvalue weighted by atomic mass is 16.5. The van der Waals surface area contributed by atoms with Crippen LogP contribution in [0.3, 0.4) is 0 Å². The maximum atomic E-state index is 12.5. The van der Waals surface area contributed by atoms with Gasteiger partial charge in [0.25, 0.3) is 0 Å². The number of rotatable bonds is 5. The van der Waals surface area contributed by atoms with Crippen molar-refractivity contribution in [2.45, 2.75) is 20.0 Å². The minimum absolute atomic E-state index is 0.0977. The standard InChI is InChI=1S/C17H19NO3/c1-11(2)21-13-9-7-12(8-10-13)16(19)14-5-4-6-15(18)17(14)20-3/h4-11H,18H2,1-3H3. The molecule has 4 nitrogen and oxygen atoms in total. The van der Waals surface area contributed by atoms with Gasteiger partial charge in [0.15, 0.2) is 11.5 Å². The summed E-state index contributed by atoms with van der Waals surface area (Å²) in [6, 6.07) is 12.2. The van der Waals surface area contributed by atoms with Crippen molar-refractivity contribution < 1.29 is 14.3 Å². The van der Waals surface area contributed by atoms with E-state index in [0.717, 1.165) is 5.75 Å². The second kappa shape index (κ2) is 6.31. The van der Waals surface area contributed by atoms with Crippen molar-refractivity contribution in [3.8, 4) is 11.5 Å². The van der Waals surface area contributed by atoms with Gasteiger partial charge in [0.2, 0.25) is 0 Å². The van der Waals surface area contributed by atoms with Crippen LogP contribution in [-0.2, 0) is 0 Å². The molecular formula is C17H19NO3. The summed E-state index contributed by atoms with van der Waals surface area (Å²) in [6.45, 7) is 3.91.